The summed E-state index contributed by atoms with van der Waals surface area (Å²) in [5.41, 5.74) is 1.58. The van der Waals surface area contributed by atoms with Crippen LogP contribution in [0.2, 0.25) is 0 Å². The topological polar surface area (TPSA) is 84.0 Å². The highest BCUT2D eigenvalue weighted by molar-refractivity contribution is 7.89. The number of rotatable bonds is 7. The van der Waals surface area contributed by atoms with Crippen LogP contribution in [0.5, 0.6) is 0 Å². The summed E-state index contributed by atoms with van der Waals surface area (Å²) in [5.74, 6) is -1.04. The number of hydrogen-bond donors (Lipinski definition) is 0. The molecule has 8 heteroatoms. The molecule has 1 saturated heterocycles. The van der Waals surface area contributed by atoms with Crippen molar-refractivity contribution in [2.24, 2.45) is 5.92 Å². The summed E-state index contributed by atoms with van der Waals surface area (Å²) in [6, 6.07) is 15.9. The van der Waals surface area contributed by atoms with Crippen LogP contribution in [0.25, 0.3) is 0 Å². The van der Waals surface area contributed by atoms with E-state index in [0.717, 1.165) is 9.87 Å². The van der Waals surface area contributed by atoms with E-state index < -0.39 is 21.9 Å². The van der Waals surface area contributed by atoms with Gasteiger partial charge in [0.25, 0.3) is 0 Å². The van der Waals surface area contributed by atoms with Gasteiger partial charge in [0.05, 0.1) is 10.8 Å². The first kappa shape index (κ1) is 21.0. The Hall–Kier alpha value is -2.71. The number of carbonyl (C=O) groups excluding carboxylic acids is 2. The van der Waals surface area contributed by atoms with Gasteiger partial charge in [0.15, 0.2) is 0 Å². The van der Waals surface area contributed by atoms with Gasteiger partial charge in [0.1, 0.15) is 6.61 Å². The van der Waals surface area contributed by atoms with Crippen molar-refractivity contribution in [3.63, 3.8) is 0 Å². The Kier molecular flexibility index (Phi) is 6.34. The smallest absolute Gasteiger partial charge is 0.311 e. The quantitative estimate of drug-likeness (QED) is 0.645. The van der Waals surface area contributed by atoms with Gasteiger partial charge in [-0.1, -0.05) is 42.5 Å². The zero-order chi connectivity index (χ0) is 21.0. The molecule has 1 heterocycles. The number of amides is 1. The molecule has 154 valence electrons. The molecule has 0 N–H and O–H groups in total. The lowest BCUT2D eigenvalue weighted by Crippen LogP contribution is -2.26. The second-order valence-corrected chi connectivity index (χ2v) is 9.36. The maximum atomic E-state index is 12.4. The lowest BCUT2D eigenvalue weighted by molar-refractivity contribution is -0.149. The van der Waals surface area contributed by atoms with E-state index in [4.69, 9.17) is 4.74 Å². The van der Waals surface area contributed by atoms with Crippen molar-refractivity contribution in [2.75, 3.05) is 20.6 Å². The molecule has 1 fully saturated rings. The average Bonchev–Trinajstić information content (AvgIpc) is 3.07. The van der Waals surface area contributed by atoms with Crippen LogP contribution in [-0.2, 0) is 37.5 Å². The normalized spacial score (nSPS) is 17.0. The number of ether oxygens (including phenoxy) is 1. The van der Waals surface area contributed by atoms with Crippen LogP contribution in [0.1, 0.15) is 17.5 Å². The van der Waals surface area contributed by atoms with Gasteiger partial charge in [-0.25, -0.2) is 12.7 Å². The van der Waals surface area contributed by atoms with E-state index in [-0.39, 0.29) is 23.8 Å². The first-order valence-electron chi connectivity index (χ1n) is 9.27. The molecule has 0 aliphatic carbocycles. The number of carbonyl (C=O) groups is 2. The molecule has 1 amide bonds. The van der Waals surface area contributed by atoms with E-state index in [9.17, 15) is 18.0 Å². The Bertz CT molecular complexity index is 989. The van der Waals surface area contributed by atoms with Gasteiger partial charge < -0.3 is 9.64 Å². The minimum atomic E-state index is -3.56. The molecule has 0 spiro atoms. The summed E-state index contributed by atoms with van der Waals surface area (Å²) in [6.07, 6.45) is 0.126. The Labute approximate surface area is 170 Å². The SMILES string of the molecule is CN(C)S(=O)(=O)c1cccc(COC(=O)C2CC(=O)N(Cc3ccccc3)C2)c1. The molecule has 2 aromatic rings. The summed E-state index contributed by atoms with van der Waals surface area (Å²) in [7, 11) is -0.639. The van der Waals surface area contributed by atoms with E-state index in [1.165, 1.54) is 26.2 Å². The second kappa shape index (κ2) is 8.75. The van der Waals surface area contributed by atoms with Crippen LogP contribution in [0.4, 0.5) is 0 Å². The van der Waals surface area contributed by atoms with Gasteiger partial charge in [-0.15, -0.1) is 0 Å². The minimum Gasteiger partial charge on any atom is -0.461 e. The van der Waals surface area contributed by atoms with Crippen LogP contribution >= 0.6 is 0 Å². The Morgan fingerprint density at radius 1 is 1.10 bits per heavy atom. The van der Waals surface area contributed by atoms with Crippen molar-refractivity contribution in [3.05, 3.63) is 65.7 Å². The van der Waals surface area contributed by atoms with Crippen LogP contribution in [0, 0.1) is 5.92 Å². The second-order valence-electron chi connectivity index (χ2n) is 7.20. The monoisotopic (exact) mass is 416 g/mol. The largest absolute Gasteiger partial charge is 0.461 e. The summed E-state index contributed by atoms with van der Waals surface area (Å²) >= 11 is 0. The van der Waals surface area contributed by atoms with E-state index >= 15 is 0 Å². The lowest BCUT2D eigenvalue weighted by Gasteiger charge is -2.16. The molecular formula is C21H24N2O5S. The number of hydrogen-bond acceptors (Lipinski definition) is 5. The summed E-state index contributed by atoms with van der Waals surface area (Å²) in [5, 5.41) is 0. The predicted octanol–water partition coefficient (Wildman–Crippen LogP) is 2.03. The maximum Gasteiger partial charge on any atom is 0.311 e. The molecule has 7 nitrogen and oxygen atoms in total. The van der Waals surface area contributed by atoms with Gasteiger partial charge in [-0.3, -0.25) is 9.59 Å². The van der Waals surface area contributed by atoms with Gasteiger partial charge in [-0.2, -0.15) is 0 Å². The predicted molar refractivity (Wildman–Crippen MR) is 107 cm³/mol. The Morgan fingerprint density at radius 2 is 1.79 bits per heavy atom. The Morgan fingerprint density at radius 3 is 2.48 bits per heavy atom. The first-order chi connectivity index (χ1) is 13.8. The highest BCUT2D eigenvalue weighted by Crippen LogP contribution is 2.22. The molecule has 3 rings (SSSR count). The standard InChI is InChI=1S/C21H24N2O5S/c1-22(2)29(26,27)19-10-6-9-17(11-19)15-28-21(25)18-12-20(24)23(14-18)13-16-7-4-3-5-8-16/h3-11,18H,12-15H2,1-2H3. The van der Waals surface area contributed by atoms with Crippen molar-refractivity contribution < 1.29 is 22.7 Å². The van der Waals surface area contributed by atoms with Crippen LogP contribution in [0.3, 0.4) is 0 Å². The van der Waals surface area contributed by atoms with Gasteiger partial charge >= 0.3 is 5.97 Å². The van der Waals surface area contributed by atoms with Gasteiger partial charge in [0.2, 0.25) is 15.9 Å². The Balaban J connectivity index is 1.58. The third kappa shape index (κ3) is 5.02. The van der Waals surface area contributed by atoms with Crippen molar-refractivity contribution >= 4 is 21.9 Å². The molecule has 0 bridgehead atoms. The van der Waals surface area contributed by atoms with Crippen molar-refractivity contribution in [2.45, 2.75) is 24.5 Å². The third-order valence-electron chi connectivity index (χ3n) is 4.82. The number of benzene rings is 2. The van der Waals surface area contributed by atoms with E-state index in [0.29, 0.717) is 18.7 Å². The fourth-order valence-corrected chi connectivity index (χ4v) is 4.14. The highest BCUT2D eigenvalue weighted by atomic mass is 32.2. The molecular weight excluding hydrogens is 392 g/mol. The average molecular weight is 416 g/mol. The molecule has 1 aliphatic rings. The van der Waals surface area contributed by atoms with Crippen molar-refractivity contribution in [1.29, 1.82) is 0 Å². The van der Waals surface area contributed by atoms with E-state index in [1.54, 1.807) is 17.0 Å². The molecule has 29 heavy (non-hydrogen) atoms. The zero-order valence-electron chi connectivity index (χ0n) is 16.4. The highest BCUT2D eigenvalue weighted by Gasteiger charge is 2.35. The molecule has 1 atom stereocenters. The molecule has 0 aromatic heterocycles. The summed E-state index contributed by atoms with van der Waals surface area (Å²) in [6.45, 7) is 0.745. The molecule has 1 unspecified atom stereocenters. The summed E-state index contributed by atoms with van der Waals surface area (Å²) < 4.78 is 30.9. The van der Waals surface area contributed by atoms with Crippen molar-refractivity contribution in [3.8, 4) is 0 Å². The van der Waals surface area contributed by atoms with Gasteiger partial charge in [0, 0.05) is 33.6 Å². The van der Waals surface area contributed by atoms with Crippen molar-refractivity contribution in [1.82, 2.24) is 9.21 Å². The molecule has 2 aromatic carbocycles. The molecule has 0 radical (unpaired) electrons. The van der Waals surface area contributed by atoms with Gasteiger partial charge in [-0.05, 0) is 23.3 Å². The van der Waals surface area contributed by atoms with Crippen LogP contribution < -0.4 is 0 Å². The molecule has 1 aliphatic heterocycles. The number of nitrogens with zero attached hydrogens (tertiary/aromatic N) is 2. The fourth-order valence-electron chi connectivity index (χ4n) is 3.17. The minimum absolute atomic E-state index is 0.0427. The maximum absolute atomic E-state index is 12.4. The number of likely N-dealkylation sites (tertiary alicyclic amines) is 1. The lowest BCUT2D eigenvalue weighted by atomic mass is 10.1. The number of esters is 1. The van der Waals surface area contributed by atoms with E-state index in [2.05, 4.69) is 0 Å². The number of sulfonamides is 1. The summed E-state index contributed by atoms with van der Waals surface area (Å²) in [4.78, 5) is 26.5. The zero-order valence-corrected chi connectivity index (χ0v) is 17.3. The van der Waals surface area contributed by atoms with E-state index in [1.807, 2.05) is 30.3 Å². The fraction of sp³-hybridized carbons (Fsp3) is 0.333. The van der Waals surface area contributed by atoms with Crippen LogP contribution in [-0.4, -0.2) is 50.1 Å². The first-order valence-corrected chi connectivity index (χ1v) is 10.7. The van der Waals surface area contributed by atoms with Crippen LogP contribution in [0.15, 0.2) is 59.5 Å². The molecule has 0 saturated carbocycles. The third-order valence-corrected chi connectivity index (χ3v) is 6.63.